The molecule has 0 saturated carbocycles. The lowest BCUT2D eigenvalue weighted by molar-refractivity contribution is -0.121. The Hall–Kier alpha value is -3.02. The van der Waals surface area contributed by atoms with Crippen LogP contribution < -0.4 is 20.1 Å². The molecule has 2 aromatic carbocycles. The van der Waals surface area contributed by atoms with Crippen molar-refractivity contribution in [2.45, 2.75) is 19.8 Å². The van der Waals surface area contributed by atoms with E-state index in [-0.39, 0.29) is 11.8 Å². The molecule has 6 nitrogen and oxygen atoms in total. The molecule has 27 heavy (non-hydrogen) atoms. The fraction of sp³-hybridized carbons (Fsp3) is 0.333. The number of aryl methyl sites for hydroxylation is 2. The van der Waals surface area contributed by atoms with Crippen LogP contribution in [0.3, 0.4) is 0 Å². The van der Waals surface area contributed by atoms with Gasteiger partial charge in [0.2, 0.25) is 5.91 Å². The van der Waals surface area contributed by atoms with Crippen LogP contribution in [0.25, 0.3) is 0 Å². The third-order valence-electron chi connectivity index (χ3n) is 4.14. The molecule has 0 spiro atoms. The van der Waals surface area contributed by atoms with Crippen molar-refractivity contribution in [3.8, 4) is 11.5 Å². The quantitative estimate of drug-likeness (QED) is 0.665. The number of benzene rings is 2. The summed E-state index contributed by atoms with van der Waals surface area (Å²) in [5.74, 6) is 0.797. The zero-order valence-electron chi connectivity index (χ0n) is 16.0. The molecule has 0 heterocycles. The van der Waals surface area contributed by atoms with Gasteiger partial charge >= 0.3 is 0 Å². The van der Waals surface area contributed by atoms with Gasteiger partial charge in [-0.3, -0.25) is 9.59 Å². The summed E-state index contributed by atoms with van der Waals surface area (Å²) in [5, 5.41) is 5.59. The van der Waals surface area contributed by atoms with Gasteiger partial charge < -0.3 is 20.1 Å². The van der Waals surface area contributed by atoms with Crippen molar-refractivity contribution in [1.29, 1.82) is 0 Å². The first-order valence-electron chi connectivity index (χ1n) is 8.86. The molecule has 0 aromatic heterocycles. The van der Waals surface area contributed by atoms with E-state index in [0.717, 1.165) is 5.56 Å². The number of hydrogen-bond donors (Lipinski definition) is 2. The molecule has 0 fully saturated rings. The van der Waals surface area contributed by atoms with E-state index in [2.05, 4.69) is 10.6 Å². The number of hydrogen-bond acceptors (Lipinski definition) is 4. The van der Waals surface area contributed by atoms with Gasteiger partial charge in [0.25, 0.3) is 5.91 Å². The number of amides is 2. The Morgan fingerprint density at radius 3 is 2.22 bits per heavy atom. The molecule has 0 radical (unpaired) electrons. The maximum absolute atomic E-state index is 12.2. The summed E-state index contributed by atoms with van der Waals surface area (Å²) in [6.07, 6.45) is 1.12. The average molecular weight is 370 g/mol. The molecule has 0 saturated heterocycles. The molecule has 0 atom stereocenters. The number of nitrogens with one attached hydrogen (secondary N) is 2. The van der Waals surface area contributed by atoms with E-state index < -0.39 is 0 Å². The molecule has 0 aliphatic heterocycles. The van der Waals surface area contributed by atoms with E-state index in [4.69, 9.17) is 9.47 Å². The van der Waals surface area contributed by atoms with E-state index >= 15 is 0 Å². The van der Waals surface area contributed by atoms with Crippen LogP contribution in [0.1, 0.15) is 27.9 Å². The summed E-state index contributed by atoms with van der Waals surface area (Å²) in [4.78, 5) is 24.1. The first kappa shape index (κ1) is 20.3. The molecule has 0 unspecified atom stereocenters. The molecule has 2 amide bonds. The molecule has 2 aromatic rings. The smallest absolute Gasteiger partial charge is 0.251 e. The third kappa shape index (κ3) is 6.33. The van der Waals surface area contributed by atoms with Gasteiger partial charge in [-0.05, 0) is 37.1 Å². The van der Waals surface area contributed by atoms with Gasteiger partial charge in [0, 0.05) is 25.1 Å². The number of rotatable bonds is 9. The summed E-state index contributed by atoms with van der Waals surface area (Å²) < 4.78 is 10.3. The summed E-state index contributed by atoms with van der Waals surface area (Å²) in [7, 11) is 3.06. The van der Waals surface area contributed by atoms with E-state index in [1.807, 2.05) is 31.2 Å². The van der Waals surface area contributed by atoms with E-state index in [9.17, 15) is 9.59 Å². The SMILES string of the molecule is COc1ccc(C(=O)NCCNC(=O)CCc2ccc(C)cc2)cc1OC. The van der Waals surface area contributed by atoms with Crippen LogP contribution in [0.15, 0.2) is 42.5 Å². The van der Waals surface area contributed by atoms with Gasteiger partial charge in [0.1, 0.15) is 0 Å². The Bertz CT molecular complexity index is 772. The van der Waals surface area contributed by atoms with Gasteiger partial charge in [-0.1, -0.05) is 29.8 Å². The Morgan fingerprint density at radius 2 is 1.56 bits per heavy atom. The fourth-order valence-electron chi connectivity index (χ4n) is 2.56. The lowest BCUT2D eigenvalue weighted by Gasteiger charge is -2.10. The first-order valence-corrected chi connectivity index (χ1v) is 8.86. The zero-order valence-corrected chi connectivity index (χ0v) is 16.0. The number of ether oxygens (including phenoxy) is 2. The van der Waals surface area contributed by atoms with E-state index in [1.165, 1.54) is 12.7 Å². The molecule has 144 valence electrons. The van der Waals surface area contributed by atoms with Crippen LogP contribution in [0.5, 0.6) is 11.5 Å². The molecular formula is C21H26N2O4. The van der Waals surface area contributed by atoms with Crippen molar-refractivity contribution in [2.24, 2.45) is 0 Å². The summed E-state index contributed by atoms with van der Waals surface area (Å²) in [6, 6.07) is 13.1. The molecule has 6 heteroatoms. The second-order valence-electron chi connectivity index (χ2n) is 6.16. The zero-order chi connectivity index (χ0) is 19.6. The predicted molar refractivity (Wildman–Crippen MR) is 104 cm³/mol. The highest BCUT2D eigenvalue weighted by Crippen LogP contribution is 2.27. The summed E-state index contributed by atoms with van der Waals surface area (Å²) >= 11 is 0. The second-order valence-corrected chi connectivity index (χ2v) is 6.16. The number of methoxy groups -OCH3 is 2. The van der Waals surface area contributed by atoms with Gasteiger partial charge in [0.15, 0.2) is 11.5 Å². The predicted octanol–water partition coefficient (Wildman–Crippen LogP) is 2.49. The largest absolute Gasteiger partial charge is 0.493 e. The van der Waals surface area contributed by atoms with Crippen molar-refractivity contribution < 1.29 is 19.1 Å². The lowest BCUT2D eigenvalue weighted by atomic mass is 10.1. The van der Waals surface area contributed by atoms with Crippen molar-refractivity contribution >= 4 is 11.8 Å². The lowest BCUT2D eigenvalue weighted by Crippen LogP contribution is -2.34. The van der Waals surface area contributed by atoms with Crippen LogP contribution in [0, 0.1) is 6.92 Å². The summed E-state index contributed by atoms with van der Waals surface area (Å²) in [5.41, 5.74) is 2.81. The standard InChI is InChI=1S/C21H26N2O4/c1-15-4-6-16(7-5-15)8-11-20(24)22-12-13-23-21(25)17-9-10-18(26-2)19(14-17)27-3/h4-7,9-10,14H,8,11-13H2,1-3H3,(H,22,24)(H,23,25). The highest BCUT2D eigenvalue weighted by atomic mass is 16.5. The van der Waals surface area contributed by atoms with Crippen molar-refractivity contribution in [2.75, 3.05) is 27.3 Å². The maximum atomic E-state index is 12.2. The van der Waals surface area contributed by atoms with E-state index in [1.54, 1.807) is 25.3 Å². The van der Waals surface area contributed by atoms with Crippen molar-refractivity contribution in [1.82, 2.24) is 10.6 Å². The minimum Gasteiger partial charge on any atom is -0.493 e. The van der Waals surface area contributed by atoms with Gasteiger partial charge in [-0.15, -0.1) is 0 Å². The van der Waals surface area contributed by atoms with Gasteiger partial charge in [-0.25, -0.2) is 0 Å². The monoisotopic (exact) mass is 370 g/mol. The molecule has 2 N–H and O–H groups in total. The second kappa shape index (κ2) is 10.2. The molecule has 0 aliphatic carbocycles. The van der Waals surface area contributed by atoms with Crippen LogP contribution >= 0.6 is 0 Å². The number of carbonyl (C=O) groups excluding carboxylic acids is 2. The number of carbonyl (C=O) groups is 2. The van der Waals surface area contributed by atoms with Crippen LogP contribution in [-0.2, 0) is 11.2 Å². The first-order chi connectivity index (χ1) is 13.0. The third-order valence-corrected chi connectivity index (χ3v) is 4.14. The molecular weight excluding hydrogens is 344 g/mol. The topological polar surface area (TPSA) is 76.7 Å². The Labute approximate surface area is 159 Å². The fourth-order valence-corrected chi connectivity index (χ4v) is 2.56. The minimum absolute atomic E-state index is 0.0315. The average Bonchev–Trinajstić information content (AvgIpc) is 2.70. The highest BCUT2D eigenvalue weighted by Gasteiger charge is 2.10. The minimum atomic E-state index is -0.232. The summed E-state index contributed by atoms with van der Waals surface area (Å²) in [6.45, 7) is 2.77. The Morgan fingerprint density at radius 1 is 0.889 bits per heavy atom. The molecule has 0 aliphatic rings. The molecule has 2 rings (SSSR count). The Balaban J connectivity index is 1.70. The van der Waals surface area contributed by atoms with Gasteiger partial charge in [-0.2, -0.15) is 0 Å². The Kier molecular flexibility index (Phi) is 7.67. The van der Waals surface area contributed by atoms with Crippen LogP contribution in [-0.4, -0.2) is 39.1 Å². The van der Waals surface area contributed by atoms with Crippen LogP contribution in [0.4, 0.5) is 0 Å². The van der Waals surface area contributed by atoms with Gasteiger partial charge in [0.05, 0.1) is 14.2 Å². The maximum Gasteiger partial charge on any atom is 0.251 e. The van der Waals surface area contributed by atoms with Crippen molar-refractivity contribution in [3.05, 3.63) is 59.2 Å². The molecule has 0 bridgehead atoms. The van der Waals surface area contributed by atoms with Crippen molar-refractivity contribution in [3.63, 3.8) is 0 Å². The highest BCUT2D eigenvalue weighted by molar-refractivity contribution is 5.94. The normalized spacial score (nSPS) is 10.2. The van der Waals surface area contributed by atoms with Crippen LogP contribution in [0.2, 0.25) is 0 Å². The van der Waals surface area contributed by atoms with E-state index in [0.29, 0.717) is 43.0 Å².